The Bertz CT molecular complexity index is 277. The van der Waals surface area contributed by atoms with Crippen LogP contribution in [0.15, 0.2) is 29.4 Å². The predicted molar refractivity (Wildman–Crippen MR) is 45.3 cm³/mol. The lowest BCUT2D eigenvalue weighted by molar-refractivity contribution is -0.131. The van der Waals surface area contributed by atoms with Crippen molar-refractivity contribution in [1.29, 1.82) is 0 Å². The molecule has 1 rings (SSSR count). The normalized spacial score (nSPS) is 11.5. The van der Waals surface area contributed by atoms with Gasteiger partial charge in [0, 0.05) is 18.6 Å². The first-order valence-electron chi connectivity index (χ1n) is 2.96. The van der Waals surface area contributed by atoms with Crippen LogP contribution in [0, 0.1) is 0 Å². The summed E-state index contributed by atoms with van der Waals surface area (Å²) < 4.78 is 1.62. The van der Waals surface area contributed by atoms with E-state index in [1.807, 2.05) is 0 Å². The Morgan fingerprint density at radius 3 is 2.45 bits per heavy atom. The summed E-state index contributed by atoms with van der Waals surface area (Å²) in [4.78, 5) is 10.3. The van der Waals surface area contributed by atoms with Crippen LogP contribution in [-0.2, 0) is 4.79 Å². The molecule has 0 radical (unpaired) electrons. The van der Waals surface area contributed by atoms with Crippen LogP contribution in [0.1, 0.15) is 0 Å². The summed E-state index contributed by atoms with van der Waals surface area (Å²) in [6.45, 7) is 0. The summed E-state index contributed by atoms with van der Waals surface area (Å²) in [6, 6.07) is 3.61. The molecular formula is C7H7NO2S. The fourth-order valence-electron chi connectivity index (χ4n) is 0.630. The van der Waals surface area contributed by atoms with Crippen LogP contribution < -0.4 is 0 Å². The van der Waals surface area contributed by atoms with Crippen molar-refractivity contribution in [3.63, 3.8) is 0 Å². The molecule has 0 saturated heterocycles. The van der Waals surface area contributed by atoms with E-state index in [1.165, 1.54) is 6.20 Å². The van der Waals surface area contributed by atoms with E-state index in [2.05, 4.69) is 12.6 Å². The van der Waals surface area contributed by atoms with Gasteiger partial charge in [0.15, 0.2) is 0 Å². The van der Waals surface area contributed by atoms with Gasteiger partial charge < -0.3 is 9.67 Å². The summed E-state index contributed by atoms with van der Waals surface area (Å²) in [5, 5.41) is 8.42. The van der Waals surface area contributed by atoms with Crippen LogP contribution in [0.25, 0.3) is 6.20 Å². The number of carbonyl (C=O) groups is 1. The molecule has 3 nitrogen and oxygen atoms in total. The van der Waals surface area contributed by atoms with Gasteiger partial charge in [-0.1, -0.05) is 0 Å². The molecule has 0 spiro atoms. The molecule has 1 N–H and O–H groups in total. The Morgan fingerprint density at radius 1 is 1.45 bits per heavy atom. The van der Waals surface area contributed by atoms with Gasteiger partial charge in [-0.15, -0.1) is 12.6 Å². The molecule has 1 heterocycles. The maximum atomic E-state index is 10.3. The summed E-state index contributed by atoms with van der Waals surface area (Å²) in [7, 11) is 0. The number of carboxylic acid groups (broad SMARTS) is 1. The number of hydrogen-bond acceptors (Lipinski definition) is 2. The molecule has 0 atom stereocenters. The van der Waals surface area contributed by atoms with Crippen molar-refractivity contribution in [2.24, 2.45) is 0 Å². The second kappa shape index (κ2) is 3.30. The van der Waals surface area contributed by atoms with Crippen LogP contribution in [0.3, 0.4) is 0 Å². The Labute approximate surface area is 69.4 Å². The average Bonchev–Trinajstić information content (AvgIpc) is 2.39. The van der Waals surface area contributed by atoms with Crippen molar-refractivity contribution in [2.45, 2.75) is 0 Å². The molecule has 0 aliphatic rings. The number of carboxylic acids is 1. The average molecular weight is 169 g/mol. The molecule has 0 saturated carbocycles. The third-order valence-electron chi connectivity index (χ3n) is 1.12. The van der Waals surface area contributed by atoms with E-state index in [-0.39, 0.29) is 4.91 Å². The van der Waals surface area contributed by atoms with E-state index >= 15 is 0 Å². The van der Waals surface area contributed by atoms with Crippen LogP contribution in [0.4, 0.5) is 0 Å². The van der Waals surface area contributed by atoms with Crippen molar-refractivity contribution >= 4 is 24.8 Å². The quantitative estimate of drug-likeness (QED) is 0.517. The summed E-state index contributed by atoms with van der Waals surface area (Å²) in [5.74, 6) is -1.03. The molecule has 0 unspecified atom stereocenters. The summed E-state index contributed by atoms with van der Waals surface area (Å²) in [6.07, 6.45) is 4.89. The number of thiol groups is 1. The van der Waals surface area contributed by atoms with Gasteiger partial charge in [-0.05, 0) is 12.1 Å². The fourth-order valence-corrected chi connectivity index (χ4v) is 0.764. The number of rotatable bonds is 2. The van der Waals surface area contributed by atoms with E-state index in [0.717, 1.165) is 0 Å². The highest BCUT2D eigenvalue weighted by Crippen LogP contribution is 2.03. The SMILES string of the molecule is O=C(O)C(S)=Cn1cccc1. The lowest BCUT2D eigenvalue weighted by Gasteiger charge is -1.93. The maximum Gasteiger partial charge on any atom is 0.343 e. The standard InChI is InChI=1S/C7H7NO2S/c9-7(10)6(11)5-8-3-1-2-4-8/h1-5,11H,(H,9,10). The highest BCUT2D eigenvalue weighted by Gasteiger charge is 1.99. The van der Waals surface area contributed by atoms with E-state index < -0.39 is 5.97 Å². The second-order valence-electron chi connectivity index (χ2n) is 1.95. The van der Waals surface area contributed by atoms with Gasteiger partial charge in [-0.2, -0.15) is 0 Å². The van der Waals surface area contributed by atoms with Crippen molar-refractivity contribution in [3.05, 3.63) is 29.4 Å². The minimum Gasteiger partial charge on any atom is -0.477 e. The van der Waals surface area contributed by atoms with E-state index in [1.54, 1.807) is 29.1 Å². The predicted octanol–water partition coefficient (Wildman–Crippen LogP) is 1.30. The molecule has 0 aliphatic carbocycles. The molecule has 11 heavy (non-hydrogen) atoms. The number of nitrogens with zero attached hydrogens (tertiary/aromatic N) is 1. The van der Waals surface area contributed by atoms with Crippen molar-refractivity contribution in [2.75, 3.05) is 0 Å². The molecule has 0 aromatic carbocycles. The van der Waals surface area contributed by atoms with Gasteiger partial charge in [0.1, 0.15) is 4.91 Å². The van der Waals surface area contributed by atoms with E-state index in [9.17, 15) is 4.79 Å². The van der Waals surface area contributed by atoms with Crippen molar-refractivity contribution < 1.29 is 9.90 Å². The largest absolute Gasteiger partial charge is 0.477 e. The summed E-state index contributed by atoms with van der Waals surface area (Å²) in [5.41, 5.74) is 0. The zero-order valence-corrected chi connectivity index (χ0v) is 6.53. The van der Waals surface area contributed by atoms with Gasteiger partial charge in [-0.3, -0.25) is 0 Å². The molecule has 0 aliphatic heterocycles. The fraction of sp³-hybridized carbons (Fsp3) is 0. The first-order chi connectivity index (χ1) is 5.20. The molecule has 1 aromatic heterocycles. The van der Waals surface area contributed by atoms with Gasteiger partial charge in [0.25, 0.3) is 0 Å². The van der Waals surface area contributed by atoms with Crippen LogP contribution in [-0.4, -0.2) is 15.6 Å². The Hall–Kier alpha value is -1.16. The topological polar surface area (TPSA) is 42.2 Å². The highest BCUT2D eigenvalue weighted by molar-refractivity contribution is 7.85. The third kappa shape index (κ3) is 2.16. The molecule has 0 amide bonds. The molecule has 0 fully saturated rings. The van der Waals surface area contributed by atoms with Gasteiger partial charge in [0.2, 0.25) is 0 Å². The zero-order chi connectivity index (χ0) is 8.27. The Balaban J connectivity index is 2.82. The van der Waals surface area contributed by atoms with Gasteiger partial charge in [0.05, 0.1) is 0 Å². The second-order valence-corrected chi connectivity index (χ2v) is 2.43. The van der Waals surface area contributed by atoms with Crippen molar-refractivity contribution in [1.82, 2.24) is 4.57 Å². The number of aromatic nitrogens is 1. The minimum atomic E-state index is -1.03. The van der Waals surface area contributed by atoms with Crippen LogP contribution >= 0.6 is 12.6 Å². The van der Waals surface area contributed by atoms with Gasteiger partial charge >= 0.3 is 5.97 Å². The smallest absolute Gasteiger partial charge is 0.343 e. The molecule has 58 valence electrons. The van der Waals surface area contributed by atoms with Crippen LogP contribution in [0.5, 0.6) is 0 Å². The monoisotopic (exact) mass is 169 g/mol. The third-order valence-corrected chi connectivity index (χ3v) is 1.42. The molecular weight excluding hydrogens is 162 g/mol. The zero-order valence-electron chi connectivity index (χ0n) is 5.64. The lowest BCUT2D eigenvalue weighted by atomic mass is 10.6. The first kappa shape index (κ1) is 7.94. The van der Waals surface area contributed by atoms with Crippen molar-refractivity contribution in [3.8, 4) is 0 Å². The number of hydrogen-bond donors (Lipinski definition) is 2. The Kier molecular flexibility index (Phi) is 2.38. The van der Waals surface area contributed by atoms with E-state index in [4.69, 9.17) is 5.11 Å². The molecule has 1 aromatic rings. The van der Waals surface area contributed by atoms with Crippen LogP contribution in [0.2, 0.25) is 0 Å². The van der Waals surface area contributed by atoms with E-state index in [0.29, 0.717) is 0 Å². The summed E-state index contributed by atoms with van der Waals surface area (Å²) >= 11 is 3.75. The first-order valence-corrected chi connectivity index (χ1v) is 3.41. The number of aliphatic carboxylic acids is 1. The minimum absolute atomic E-state index is 0.0150. The maximum absolute atomic E-state index is 10.3. The Morgan fingerprint density at radius 2 is 2.00 bits per heavy atom. The molecule has 0 bridgehead atoms. The lowest BCUT2D eigenvalue weighted by Crippen LogP contribution is -1.95. The molecule has 4 heteroatoms. The highest BCUT2D eigenvalue weighted by atomic mass is 32.1. The van der Waals surface area contributed by atoms with Gasteiger partial charge in [-0.25, -0.2) is 4.79 Å².